The number of fused-ring (bicyclic) bond motifs is 1. The maximum atomic E-state index is 14.1. The summed E-state index contributed by atoms with van der Waals surface area (Å²) < 4.78 is 1.45. The molecule has 0 spiro atoms. The second-order valence-electron chi connectivity index (χ2n) is 12.6. The highest BCUT2D eigenvalue weighted by Gasteiger charge is 2.44. The van der Waals surface area contributed by atoms with Gasteiger partial charge in [-0.15, -0.1) is 5.10 Å². The highest BCUT2D eigenvalue weighted by molar-refractivity contribution is 6.30. The van der Waals surface area contributed by atoms with Gasteiger partial charge in [0.1, 0.15) is 12.4 Å². The number of hydrogen-bond acceptors (Lipinski definition) is 8. The van der Waals surface area contributed by atoms with Gasteiger partial charge in [0.2, 0.25) is 5.91 Å². The van der Waals surface area contributed by atoms with Crippen LogP contribution in [0.15, 0.2) is 61.1 Å². The lowest BCUT2D eigenvalue weighted by Gasteiger charge is -2.43. The number of halogens is 1. The number of hydrogen-bond donors (Lipinski definition) is 3. The number of aromatic carboxylic acids is 1. The highest BCUT2D eigenvalue weighted by atomic mass is 35.5. The van der Waals surface area contributed by atoms with E-state index < -0.39 is 34.7 Å². The second-order valence-corrected chi connectivity index (χ2v) is 13.0. The number of nitrogen functional groups attached to an aromatic ring is 1. The number of amides is 2. The largest absolute Gasteiger partial charge is 0.478 e. The standard InChI is InChI=1S/C32H33ClN8O4/c1-31(2,3)24-14-21(8-9-22(24)30(44)45)37-29(43)27-23-13-20(34)15-35-28(23)32(4,5)16-40(27)26(42)11-6-18-12-19(33)7-10-25(18)41-17-36-38-39-41/h6-15,17,27H,16,34H2,1-5H3,(H,37,43)(H,44,45). The van der Waals surface area contributed by atoms with E-state index in [0.29, 0.717) is 44.5 Å². The van der Waals surface area contributed by atoms with Crippen molar-refractivity contribution in [2.24, 2.45) is 0 Å². The number of benzene rings is 2. The number of anilines is 2. The van der Waals surface area contributed by atoms with Gasteiger partial charge in [0, 0.05) is 39.9 Å². The number of nitrogens with zero attached hydrogens (tertiary/aromatic N) is 6. The van der Waals surface area contributed by atoms with Crippen molar-refractivity contribution in [1.82, 2.24) is 30.1 Å². The van der Waals surface area contributed by atoms with E-state index in [9.17, 15) is 19.5 Å². The first-order chi connectivity index (χ1) is 21.2. The van der Waals surface area contributed by atoms with E-state index in [1.807, 2.05) is 34.6 Å². The summed E-state index contributed by atoms with van der Waals surface area (Å²) >= 11 is 6.26. The first kappa shape index (κ1) is 31.3. The van der Waals surface area contributed by atoms with Gasteiger partial charge in [-0.05, 0) is 69.9 Å². The van der Waals surface area contributed by atoms with Gasteiger partial charge < -0.3 is 21.1 Å². The predicted molar refractivity (Wildman–Crippen MR) is 170 cm³/mol. The molecule has 4 N–H and O–H groups in total. The Balaban J connectivity index is 1.54. The van der Waals surface area contributed by atoms with Crippen LogP contribution in [0.1, 0.15) is 73.4 Å². The van der Waals surface area contributed by atoms with Crippen molar-refractivity contribution in [3.05, 3.63) is 94.0 Å². The summed E-state index contributed by atoms with van der Waals surface area (Å²) in [4.78, 5) is 46.0. The number of pyridine rings is 1. The molecule has 1 atom stereocenters. The summed E-state index contributed by atoms with van der Waals surface area (Å²) in [6, 6.07) is 10.3. The van der Waals surface area contributed by atoms with Gasteiger partial charge in [-0.25, -0.2) is 4.79 Å². The molecule has 1 aliphatic heterocycles. The van der Waals surface area contributed by atoms with E-state index in [0.717, 1.165) is 0 Å². The molecule has 0 saturated heterocycles. The predicted octanol–water partition coefficient (Wildman–Crippen LogP) is 4.80. The number of nitrogens with two attached hydrogens (primary N) is 1. The number of aromatic nitrogens is 5. The monoisotopic (exact) mass is 628 g/mol. The Hall–Kier alpha value is -5.10. The molecule has 0 radical (unpaired) electrons. The van der Waals surface area contributed by atoms with E-state index in [1.54, 1.807) is 36.4 Å². The van der Waals surface area contributed by atoms with Gasteiger partial charge in [0.25, 0.3) is 5.91 Å². The molecule has 2 amide bonds. The molecule has 2 aromatic heterocycles. The summed E-state index contributed by atoms with van der Waals surface area (Å²) in [6.07, 6.45) is 5.94. The number of tetrazole rings is 1. The average Bonchev–Trinajstić information content (AvgIpc) is 3.49. The van der Waals surface area contributed by atoms with Crippen molar-refractivity contribution in [2.45, 2.75) is 51.5 Å². The van der Waals surface area contributed by atoms with Crippen LogP contribution in [0.25, 0.3) is 11.8 Å². The number of carboxylic acid groups (broad SMARTS) is 1. The lowest BCUT2D eigenvalue weighted by Crippen LogP contribution is -2.51. The van der Waals surface area contributed by atoms with Gasteiger partial charge in [-0.3, -0.25) is 14.6 Å². The third kappa shape index (κ3) is 6.41. The quantitative estimate of drug-likeness (QED) is 0.254. The fourth-order valence-corrected chi connectivity index (χ4v) is 5.74. The molecular weight excluding hydrogens is 596 g/mol. The molecule has 232 valence electrons. The number of carbonyl (C=O) groups excluding carboxylic acids is 2. The Morgan fingerprint density at radius 3 is 2.56 bits per heavy atom. The topological polar surface area (TPSA) is 169 Å². The van der Waals surface area contributed by atoms with Gasteiger partial charge >= 0.3 is 5.97 Å². The SMILES string of the molecule is CC(C)(C)c1cc(NC(=O)C2c3cc(N)cnc3C(C)(C)CN2C(=O)C=Cc2cc(Cl)ccc2-n2cnnn2)ccc1C(=O)O. The molecule has 2 aromatic carbocycles. The molecule has 45 heavy (non-hydrogen) atoms. The van der Waals surface area contributed by atoms with Gasteiger partial charge in [-0.2, -0.15) is 4.68 Å². The molecular formula is C32H33ClN8O4. The summed E-state index contributed by atoms with van der Waals surface area (Å²) in [6.45, 7) is 9.75. The lowest BCUT2D eigenvalue weighted by molar-refractivity contribution is -0.136. The maximum Gasteiger partial charge on any atom is 0.335 e. The van der Waals surface area contributed by atoms with Crippen molar-refractivity contribution < 1.29 is 19.5 Å². The first-order valence-corrected chi connectivity index (χ1v) is 14.5. The molecule has 3 heterocycles. The molecule has 13 heteroatoms. The molecule has 1 unspecified atom stereocenters. The zero-order valence-electron chi connectivity index (χ0n) is 25.4. The smallest absolute Gasteiger partial charge is 0.335 e. The number of carboxylic acids is 1. The van der Waals surface area contributed by atoms with Gasteiger partial charge in [-0.1, -0.05) is 46.2 Å². The van der Waals surface area contributed by atoms with Crippen LogP contribution >= 0.6 is 11.6 Å². The van der Waals surface area contributed by atoms with Crippen molar-refractivity contribution >= 4 is 46.8 Å². The fourth-order valence-electron chi connectivity index (χ4n) is 5.56. The molecule has 0 saturated carbocycles. The zero-order chi connectivity index (χ0) is 32.7. The summed E-state index contributed by atoms with van der Waals surface area (Å²) in [7, 11) is 0. The van der Waals surface area contributed by atoms with Crippen molar-refractivity contribution in [1.29, 1.82) is 0 Å². The Kier molecular flexibility index (Phi) is 8.19. The molecule has 0 fully saturated rings. The minimum Gasteiger partial charge on any atom is -0.478 e. The van der Waals surface area contributed by atoms with Crippen LogP contribution in [0.5, 0.6) is 0 Å². The number of nitrogens with one attached hydrogen (secondary N) is 1. The molecule has 0 bridgehead atoms. The average molecular weight is 629 g/mol. The highest BCUT2D eigenvalue weighted by Crippen LogP contribution is 2.40. The zero-order valence-corrected chi connectivity index (χ0v) is 26.2. The van der Waals surface area contributed by atoms with E-state index in [-0.39, 0.29) is 12.1 Å². The molecule has 0 aliphatic carbocycles. The minimum absolute atomic E-state index is 0.145. The molecule has 5 rings (SSSR count). The van der Waals surface area contributed by atoms with Crippen molar-refractivity contribution in [2.75, 3.05) is 17.6 Å². The Morgan fingerprint density at radius 2 is 1.89 bits per heavy atom. The number of carbonyl (C=O) groups is 3. The Morgan fingerprint density at radius 1 is 1.13 bits per heavy atom. The van der Waals surface area contributed by atoms with Crippen LogP contribution in [0.3, 0.4) is 0 Å². The summed E-state index contributed by atoms with van der Waals surface area (Å²) in [5.41, 5.74) is 8.79. The van der Waals surface area contributed by atoms with E-state index >= 15 is 0 Å². The Labute approximate surface area is 264 Å². The maximum absolute atomic E-state index is 14.1. The van der Waals surface area contributed by atoms with E-state index in [1.165, 1.54) is 40.3 Å². The van der Waals surface area contributed by atoms with Gasteiger partial charge in [0.05, 0.1) is 28.8 Å². The fraction of sp³-hybridized carbons (Fsp3) is 0.281. The van der Waals surface area contributed by atoms with Crippen molar-refractivity contribution in [3.8, 4) is 5.69 Å². The van der Waals surface area contributed by atoms with Crippen molar-refractivity contribution in [3.63, 3.8) is 0 Å². The lowest BCUT2D eigenvalue weighted by atomic mass is 9.78. The van der Waals surface area contributed by atoms with Crippen LogP contribution in [0.2, 0.25) is 5.02 Å². The van der Waals surface area contributed by atoms with Crippen LogP contribution < -0.4 is 11.1 Å². The molecule has 1 aliphatic rings. The van der Waals surface area contributed by atoms with Crippen LogP contribution in [-0.2, 0) is 20.4 Å². The Bertz CT molecular complexity index is 1830. The van der Waals surface area contributed by atoms with E-state index in [2.05, 4.69) is 25.8 Å². The summed E-state index contributed by atoms with van der Waals surface area (Å²) in [5.74, 6) is -1.99. The molecule has 12 nitrogen and oxygen atoms in total. The molecule has 4 aromatic rings. The third-order valence-electron chi connectivity index (χ3n) is 7.60. The number of rotatable bonds is 6. The first-order valence-electron chi connectivity index (χ1n) is 14.1. The van der Waals surface area contributed by atoms with Crippen LogP contribution in [0.4, 0.5) is 11.4 Å². The minimum atomic E-state index is -1.09. The third-order valence-corrected chi connectivity index (χ3v) is 7.83. The van der Waals surface area contributed by atoms with Gasteiger partial charge in [0.15, 0.2) is 0 Å². The van der Waals surface area contributed by atoms with E-state index in [4.69, 9.17) is 17.3 Å². The van der Waals surface area contributed by atoms with Crippen LogP contribution in [0, 0.1) is 0 Å². The normalized spacial score (nSPS) is 16.0. The summed E-state index contributed by atoms with van der Waals surface area (Å²) in [5, 5.41) is 24.4. The van der Waals surface area contributed by atoms with Crippen LogP contribution in [-0.4, -0.2) is 59.5 Å². The second kappa shape index (κ2) is 11.8.